The largest absolute Gasteiger partial charge is 0.452 e. The normalized spacial score (nSPS) is 26.6. The van der Waals surface area contributed by atoms with E-state index in [9.17, 15) is 9.90 Å². The van der Waals surface area contributed by atoms with E-state index in [1.165, 1.54) is 6.20 Å². The molecule has 0 radical (unpaired) electrons. The van der Waals surface area contributed by atoms with Crippen molar-refractivity contribution >= 4 is 27.8 Å². The SMILES string of the molecule is O=C(OC1CO[C@H]2[C@@H]1OC[C@@H]2O)c1nc(NCc2ccccc2)ncc1Br. The maximum absolute atomic E-state index is 12.6. The third kappa shape index (κ3) is 3.96. The first-order chi connectivity index (χ1) is 13.1. The van der Waals surface area contributed by atoms with Crippen molar-refractivity contribution in [2.24, 2.45) is 0 Å². The number of rotatable bonds is 5. The van der Waals surface area contributed by atoms with Gasteiger partial charge in [-0.2, -0.15) is 0 Å². The number of aliphatic hydroxyl groups excluding tert-OH is 1. The van der Waals surface area contributed by atoms with Gasteiger partial charge in [0.1, 0.15) is 18.3 Å². The van der Waals surface area contributed by atoms with Crippen molar-refractivity contribution < 1.29 is 24.1 Å². The van der Waals surface area contributed by atoms with Crippen molar-refractivity contribution in [1.82, 2.24) is 9.97 Å². The molecule has 4 rings (SSSR count). The van der Waals surface area contributed by atoms with Crippen LogP contribution < -0.4 is 5.32 Å². The van der Waals surface area contributed by atoms with Crippen molar-refractivity contribution in [3.63, 3.8) is 0 Å². The molecule has 1 aromatic heterocycles. The fraction of sp³-hybridized carbons (Fsp3) is 0.389. The monoisotopic (exact) mass is 435 g/mol. The van der Waals surface area contributed by atoms with Crippen molar-refractivity contribution in [3.8, 4) is 0 Å². The van der Waals surface area contributed by atoms with Gasteiger partial charge in [0.25, 0.3) is 0 Å². The van der Waals surface area contributed by atoms with Gasteiger partial charge in [0.05, 0.1) is 17.7 Å². The van der Waals surface area contributed by atoms with Gasteiger partial charge in [-0.1, -0.05) is 30.3 Å². The molecule has 2 saturated heterocycles. The van der Waals surface area contributed by atoms with Crippen LogP contribution in [0.2, 0.25) is 0 Å². The molecule has 2 aliphatic heterocycles. The average Bonchev–Trinajstić information content (AvgIpc) is 3.25. The molecule has 0 aliphatic carbocycles. The summed E-state index contributed by atoms with van der Waals surface area (Å²) in [5.41, 5.74) is 1.18. The molecule has 8 nitrogen and oxygen atoms in total. The summed E-state index contributed by atoms with van der Waals surface area (Å²) in [4.78, 5) is 21.0. The summed E-state index contributed by atoms with van der Waals surface area (Å²) in [6.45, 7) is 0.886. The number of fused-ring (bicyclic) bond motifs is 1. The number of halogens is 1. The summed E-state index contributed by atoms with van der Waals surface area (Å²) < 4.78 is 16.9. The summed E-state index contributed by atoms with van der Waals surface area (Å²) in [5.74, 6) is -0.284. The zero-order chi connectivity index (χ0) is 18.8. The zero-order valence-corrected chi connectivity index (χ0v) is 15.8. The van der Waals surface area contributed by atoms with Gasteiger partial charge in [0.15, 0.2) is 11.8 Å². The number of hydrogen-bond acceptors (Lipinski definition) is 8. The van der Waals surface area contributed by atoms with E-state index in [1.807, 2.05) is 30.3 Å². The summed E-state index contributed by atoms with van der Waals surface area (Å²) in [6.07, 6.45) is -0.693. The van der Waals surface area contributed by atoms with Crippen molar-refractivity contribution in [3.05, 3.63) is 52.3 Å². The van der Waals surface area contributed by atoms with E-state index >= 15 is 0 Å². The van der Waals surface area contributed by atoms with E-state index in [1.54, 1.807) is 0 Å². The fourth-order valence-electron chi connectivity index (χ4n) is 3.11. The minimum absolute atomic E-state index is 0.113. The highest BCUT2D eigenvalue weighted by atomic mass is 79.9. The van der Waals surface area contributed by atoms with Crippen LogP contribution in [0.3, 0.4) is 0 Å². The number of carbonyl (C=O) groups excluding carboxylic acids is 1. The Hall–Kier alpha value is -2.07. The minimum atomic E-state index is -0.696. The number of nitrogens with zero attached hydrogens (tertiary/aromatic N) is 2. The van der Waals surface area contributed by atoms with Crippen molar-refractivity contribution in [1.29, 1.82) is 0 Å². The van der Waals surface area contributed by atoms with Crippen LogP contribution >= 0.6 is 15.9 Å². The molecule has 0 amide bonds. The second-order valence-electron chi connectivity index (χ2n) is 6.34. The van der Waals surface area contributed by atoms with Gasteiger partial charge in [0.2, 0.25) is 5.95 Å². The fourth-order valence-corrected chi connectivity index (χ4v) is 3.46. The first kappa shape index (κ1) is 18.3. The van der Waals surface area contributed by atoms with Crippen LogP contribution in [-0.4, -0.2) is 58.7 Å². The Labute approximate surface area is 164 Å². The van der Waals surface area contributed by atoms with E-state index < -0.39 is 30.4 Å². The van der Waals surface area contributed by atoms with Crippen LogP contribution in [0.25, 0.3) is 0 Å². The highest BCUT2D eigenvalue weighted by Crippen LogP contribution is 2.29. The molecule has 0 spiro atoms. The first-order valence-corrected chi connectivity index (χ1v) is 9.33. The number of anilines is 1. The molecule has 1 aromatic carbocycles. The van der Waals surface area contributed by atoms with Crippen molar-refractivity contribution in [2.45, 2.75) is 31.0 Å². The van der Waals surface area contributed by atoms with Crippen LogP contribution in [-0.2, 0) is 20.8 Å². The van der Waals surface area contributed by atoms with E-state index in [-0.39, 0.29) is 18.9 Å². The number of esters is 1. The molecule has 1 unspecified atom stereocenters. The molecule has 0 saturated carbocycles. The second-order valence-corrected chi connectivity index (χ2v) is 7.19. The molecule has 3 heterocycles. The van der Waals surface area contributed by atoms with Gasteiger partial charge in [0, 0.05) is 12.7 Å². The Morgan fingerprint density at radius 2 is 2.04 bits per heavy atom. The van der Waals surface area contributed by atoms with Crippen LogP contribution in [0.15, 0.2) is 41.0 Å². The number of aliphatic hydroxyl groups is 1. The highest BCUT2D eigenvalue weighted by Gasteiger charge is 2.49. The molecular formula is C18H18BrN3O5. The number of nitrogens with one attached hydrogen (secondary N) is 1. The molecular weight excluding hydrogens is 418 g/mol. The number of carbonyl (C=O) groups is 1. The lowest BCUT2D eigenvalue weighted by molar-refractivity contribution is -0.0213. The van der Waals surface area contributed by atoms with Gasteiger partial charge >= 0.3 is 5.97 Å². The zero-order valence-electron chi connectivity index (χ0n) is 14.2. The Kier molecular flexibility index (Phi) is 5.35. The lowest BCUT2D eigenvalue weighted by Gasteiger charge is -2.16. The lowest BCUT2D eigenvalue weighted by atomic mass is 10.1. The molecule has 2 fully saturated rings. The van der Waals surface area contributed by atoms with E-state index in [0.717, 1.165) is 5.56 Å². The Morgan fingerprint density at radius 1 is 1.26 bits per heavy atom. The number of ether oxygens (including phenoxy) is 3. The standard InChI is InChI=1S/C18H18BrN3O5/c19-11-7-21-18(20-6-10-4-2-1-3-5-10)22-14(11)17(24)27-13-9-26-15-12(23)8-25-16(13)15/h1-5,7,12-13,15-16,23H,6,8-9H2,(H,20,21,22)/t12-,13?,15+,16+/m0/s1. The van der Waals surface area contributed by atoms with Gasteiger partial charge in [-0.3, -0.25) is 0 Å². The van der Waals surface area contributed by atoms with Crippen LogP contribution in [0.4, 0.5) is 5.95 Å². The summed E-state index contributed by atoms with van der Waals surface area (Å²) in [6, 6.07) is 9.79. The molecule has 142 valence electrons. The Balaban J connectivity index is 1.42. The van der Waals surface area contributed by atoms with Crippen LogP contribution in [0.5, 0.6) is 0 Å². The predicted octanol–water partition coefficient (Wildman–Crippen LogP) is 1.54. The Morgan fingerprint density at radius 3 is 2.85 bits per heavy atom. The van der Waals surface area contributed by atoms with Gasteiger partial charge in [-0.05, 0) is 21.5 Å². The smallest absolute Gasteiger partial charge is 0.358 e. The Bertz CT molecular complexity index is 822. The van der Waals surface area contributed by atoms with Crippen LogP contribution in [0.1, 0.15) is 16.1 Å². The van der Waals surface area contributed by atoms with Gasteiger partial charge in [-0.15, -0.1) is 0 Å². The predicted molar refractivity (Wildman–Crippen MR) is 98.2 cm³/mol. The first-order valence-electron chi connectivity index (χ1n) is 8.54. The molecule has 2 aromatic rings. The molecule has 27 heavy (non-hydrogen) atoms. The summed E-state index contributed by atoms with van der Waals surface area (Å²) in [5, 5.41) is 12.9. The molecule has 9 heteroatoms. The third-order valence-electron chi connectivity index (χ3n) is 4.47. The third-order valence-corrected chi connectivity index (χ3v) is 5.05. The maximum atomic E-state index is 12.6. The topological polar surface area (TPSA) is 103 Å². The molecule has 4 atom stereocenters. The highest BCUT2D eigenvalue weighted by molar-refractivity contribution is 9.10. The minimum Gasteiger partial charge on any atom is -0.452 e. The van der Waals surface area contributed by atoms with E-state index in [4.69, 9.17) is 14.2 Å². The number of aromatic nitrogens is 2. The summed E-state index contributed by atoms with van der Waals surface area (Å²) in [7, 11) is 0. The lowest BCUT2D eigenvalue weighted by Crippen LogP contribution is -2.34. The maximum Gasteiger partial charge on any atom is 0.358 e. The number of hydrogen-bond donors (Lipinski definition) is 2. The molecule has 0 bridgehead atoms. The molecule has 2 aliphatic rings. The van der Waals surface area contributed by atoms with Crippen molar-refractivity contribution in [2.75, 3.05) is 18.5 Å². The van der Waals surface area contributed by atoms with Crippen LogP contribution in [0, 0.1) is 0 Å². The number of benzene rings is 1. The van der Waals surface area contributed by atoms with E-state index in [2.05, 4.69) is 31.2 Å². The summed E-state index contributed by atoms with van der Waals surface area (Å²) >= 11 is 3.29. The second kappa shape index (κ2) is 7.89. The van der Waals surface area contributed by atoms with Gasteiger partial charge < -0.3 is 24.6 Å². The quantitative estimate of drug-likeness (QED) is 0.681. The van der Waals surface area contributed by atoms with E-state index in [0.29, 0.717) is 17.0 Å². The van der Waals surface area contributed by atoms with Gasteiger partial charge in [-0.25, -0.2) is 14.8 Å². The molecule has 2 N–H and O–H groups in total. The average molecular weight is 436 g/mol.